The number of ether oxygens (including phenoxy) is 1. The maximum absolute atomic E-state index is 13.3. The van der Waals surface area contributed by atoms with Crippen LogP contribution in [-0.4, -0.2) is 22.1 Å². The van der Waals surface area contributed by atoms with Gasteiger partial charge < -0.3 is 9.30 Å². The first kappa shape index (κ1) is 14.8. The number of aryl methyl sites for hydroxylation is 1. The van der Waals surface area contributed by atoms with Crippen molar-refractivity contribution < 1.29 is 13.9 Å². The number of fused-ring (bicyclic) bond motifs is 2. The van der Waals surface area contributed by atoms with Crippen LogP contribution < -0.4 is 5.32 Å². The van der Waals surface area contributed by atoms with E-state index in [0.717, 1.165) is 23.1 Å². The summed E-state index contributed by atoms with van der Waals surface area (Å²) < 4.78 is 20.7. The number of amides is 1. The molecule has 24 heavy (non-hydrogen) atoms. The fraction of sp³-hybridized carbons (Fsp3) is 0.222. The first-order valence-corrected chi connectivity index (χ1v) is 7.76. The molecule has 2 heterocycles. The van der Waals surface area contributed by atoms with E-state index in [9.17, 15) is 9.18 Å². The van der Waals surface area contributed by atoms with Gasteiger partial charge in [0.15, 0.2) is 6.10 Å². The largest absolute Gasteiger partial charge is 0.363 e. The molecule has 0 radical (unpaired) electrons. The third-order valence-electron chi connectivity index (χ3n) is 4.31. The van der Waals surface area contributed by atoms with Gasteiger partial charge in [0.05, 0.1) is 17.6 Å². The van der Waals surface area contributed by atoms with Gasteiger partial charge in [0, 0.05) is 13.1 Å². The predicted octanol–water partition coefficient (Wildman–Crippen LogP) is 2.96. The Morgan fingerprint density at radius 1 is 1.33 bits per heavy atom. The molecule has 4 rings (SSSR count). The van der Waals surface area contributed by atoms with Gasteiger partial charge in [-0.05, 0) is 29.7 Å². The topological polar surface area (TPSA) is 56.2 Å². The number of hydrogen-bond acceptors (Lipinski definition) is 3. The van der Waals surface area contributed by atoms with E-state index < -0.39 is 6.10 Å². The maximum Gasteiger partial charge on any atom is 0.260 e. The van der Waals surface area contributed by atoms with E-state index in [1.54, 1.807) is 17.7 Å². The second-order valence-electron chi connectivity index (χ2n) is 5.82. The molecule has 1 aliphatic rings. The van der Waals surface area contributed by atoms with Gasteiger partial charge in [-0.2, -0.15) is 0 Å². The monoisotopic (exact) mass is 325 g/mol. The molecule has 0 fully saturated rings. The summed E-state index contributed by atoms with van der Waals surface area (Å²) in [4.78, 5) is 17.0. The molecule has 2 aromatic carbocycles. The van der Waals surface area contributed by atoms with Gasteiger partial charge in [-0.3, -0.25) is 10.1 Å². The van der Waals surface area contributed by atoms with Crippen LogP contribution in [0.3, 0.4) is 0 Å². The fourth-order valence-corrected chi connectivity index (χ4v) is 3.07. The minimum Gasteiger partial charge on any atom is -0.363 e. The molecular formula is C18H16FN3O2. The van der Waals surface area contributed by atoms with Crippen LogP contribution in [0.2, 0.25) is 0 Å². The summed E-state index contributed by atoms with van der Waals surface area (Å²) in [5.41, 5.74) is 3.25. The molecule has 0 bridgehead atoms. The molecular weight excluding hydrogens is 309 g/mol. The number of carbonyl (C=O) groups excluding carboxylic acids is 1. The summed E-state index contributed by atoms with van der Waals surface area (Å²) in [7, 11) is 1.78. The summed E-state index contributed by atoms with van der Waals surface area (Å²) in [6.07, 6.45) is 0.136. The van der Waals surface area contributed by atoms with E-state index in [4.69, 9.17) is 4.74 Å². The van der Waals surface area contributed by atoms with Crippen LogP contribution in [0, 0.1) is 5.82 Å². The number of benzene rings is 2. The Morgan fingerprint density at radius 3 is 3.04 bits per heavy atom. The Labute approximate surface area is 138 Å². The van der Waals surface area contributed by atoms with Crippen LogP contribution in [0.5, 0.6) is 0 Å². The molecule has 6 heteroatoms. The van der Waals surface area contributed by atoms with Gasteiger partial charge in [0.1, 0.15) is 5.82 Å². The van der Waals surface area contributed by atoms with E-state index in [-0.39, 0.29) is 11.7 Å². The number of imidazole rings is 1. The third kappa shape index (κ3) is 2.45. The van der Waals surface area contributed by atoms with E-state index in [2.05, 4.69) is 10.3 Å². The predicted molar refractivity (Wildman–Crippen MR) is 88.1 cm³/mol. The van der Waals surface area contributed by atoms with Crippen molar-refractivity contribution in [3.05, 3.63) is 59.4 Å². The number of hydrogen-bond donors (Lipinski definition) is 1. The van der Waals surface area contributed by atoms with Crippen LogP contribution in [0.15, 0.2) is 42.5 Å². The molecule has 0 unspecified atom stereocenters. The smallest absolute Gasteiger partial charge is 0.260 e. The first-order chi connectivity index (χ1) is 11.6. The highest BCUT2D eigenvalue weighted by Crippen LogP contribution is 2.28. The van der Waals surface area contributed by atoms with Crippen molar-refractivity contribution >= 4 is 22.9 Å². The second kappa shape index (κ2) is 5.72. The van der Waals surface area contributed by atoms with Crippen molar-refractivity contribution in [3.8, 4) is 0 Å². The molecule has 0 saturated heterocycles. The zero-order valence-electron chi connectivity index (χ0n) is 13.1. The molecule has 122 valence electrons. The lowest BCUT2D eigenvalue weighted by Crippen LogP contribution is -2.29. The van der Waals surface area contributed by atoms with Crippen molar-refractivity contribution in [3.63, 3.8) is 0 Å². The highest BCUT2D eigenvalue weighted by Gasteiger charge is 2.28. The van der Waals surface area contributed by atoms with Crippen LogP contribution >= 0.6 is 0 Å². The summed E-state index contributed by atoms with van der Waals surface area (Å²) in [5, 5.41) is 2.80. The van der Waals surface area contributed by atoms with Gasteiger partial charge >= 0.3 is 0 Å². The lowest BCUT2D eigenvalue weighted by molar-refractivity contribution is -0.128. The normalized spacial score (nSPS) is 16.8. The maximum atomic E-state index is 13.3. The molecule has 1 amide bonds. The lowest BCUT2D eigenvalue weighted by Gasteiger charge is -2.24. The van der Waals surface area contributed by atoms with Gasteiger partial charge in [0.25, 0.3) is 5.91 Å². The van der Waals surface area contributed by atoms with Gasteiger partial charge in [-0.25, -0.2) is 9.37 Å². The van der Waals surface area contributed by atoms with Crippen molar-refractivity contribution in [1.29, 1.82) is 0 Å². The molecule has 0 spiro atoms. The number of halogens is 1. The zero-order valence-corrected chi connectivity index (χ0v) is 13.1. The van der Waals surface area contributed by atoms with E-state index >= 15 is 0 Å². The SMILES string of the molecule is Cn1c(NC(=O)[C@@H]2OCCc3ccccc32)nc2cc(F)ccc21. The summed E-state index contributed by atoms with van der Waals surface area (Å²) in [5.74, 6) is -0.267. The van der Waals surface area contributed by atoms with Crippen LogP contribution in [0.25, 0.3) is 11.0 Å². The van der Waals surface area contributed by atoms with Crippen molar-refractivity contribution in [2.45, 2.75) is 12.5 Å². The number of anilines is 1. The molecule has 0 aliphatic carbocycles. The van der Waals surface area contributed by atoms with Crippen molar-refractivity contribution in [2.75, 3.05) is 11.9 Å². The average Bonchev–Trinajstić information content (AvgIpc) is 2.89. The fourth-order valence-electron chi connectivity index (χ4n) is 3.07. The van der Waals surface area contributed by atoms with E-state index in [1.807, 2.05) is 24.3 Å². The van der Waals surface area contributed by atoms with Crippen LogP contribution in [0.4, 0.5) is 10.3 Å². The van der Waals surface area contributed by atoms with E-state index in [1.165, 1.54) is 12.1 Å². The molecule has 0 saturated carbocycles. The van der Waals surface area contributed by atoms with Gasteiger partial charge in [0.2, 0.25) is 5.95 Å². The summed E-state index contributed by atoms with van der Waals surface area (Å²) in [6.45, 7) is 0.503. The van der Waals surface area contributed by atoms with Gasteiger partial charge in [-0.1, -0.05) is 24.3 Å². The molecule has 5 nitrogen and oxygen atoms in total. The Balaban J connectivity index is 1.65. The van der Waals surface area contributed by atoms with Crippen LogP contribution in [-0.2, 0) is 23.0 Å². The minimum absolute atomic E-state index is 0.277. The summed E-state index contributed by atoms with van der Waals surface area (Å²) in [6, 6.07) is 12.1. The quantitative estimate of drug-likeness (QED) is 0.788. The molecule has 1 aromatic heterocycles. The number of rotatable bonds is 2. The molecule has 1 aliphatic heterocycles. The number of carbonyl (C=O) groups is 1. The average molecular weight is 325 g/mol. The zero-order chi connectivity index (χ0) is 16.7. The highest BCUT2D eigenvalue weighted by molar-refractivity contribution is 5.95. The molecule has 3 aromatic rings. The third-order valence-corrected chi connectivity index (χ3v) is 4.31. The first-order valence-electron chi connectivity index (χ1n) is 7.76. The Bertz CT molecular complexity index is 935. The van der Waals surface area contributed by atoms with E-state index in [0.29, 0.717) is 18.1 Å². The van der Waals surface area contributed by atoms with Crippen molar-refractivity contribution in [1.82, 2.24) is 9.55 Å². The Kier molecular flexibility index (Phi) is 3.54. The number of nitrogens with one attached hydrogen (secondary N) is 1. The van der Waals surface area contributed by atoms with Crippen LogP contribution in [0.1, 0.15) is 17.2 Å². The highest BCUT2D eigenvalue weighted by atomic mass is 19.1. The standard InChI is InChI=1S/C18H16FN3O2/c1-22-15-7-6-12(19)10-14(15)20-18(22)21-17(23)16-13-5-3-2-4-11(13)8-9-24-16/h2-7,10,16H,8-9H2,1H3,(H,20,21,23)/t16-/m1/s1. The van der Waals surface area contributed by atoms with Gasteiger partial charge in [-0.15, -0.1) is 0 Å². The molecule has 1 N–H and O–H groups in total. The van der Waals surface area contributed by atoms with Crippen molar-refractivity contribution in [2.24, 2.45) is 7.05 Å². The molecule has 1 atom stereocenters. The minimum atomic E-state index is -0.661. The Hall–Kier alpha value is -2.73. The Morgan fingerprint density at radius 2 is 2.17 bits per heavy atom. The lowest BCUT2D eigenvalue weighted by atomic mass is 9.97. The number of nitrogens with zero attached hydrogens (tertiary/aromatic N) is 2. The summed E-state index contributed by atoms with van der Waals surface area (Å²) >= 11 is 0. The second-order valence-corrected chi connectivity index (χ2v) is 5.82. The number of aromatic nitrogens is 2.